The molecule has 0 radical (unpaired) electrons. The van der Waals surface area contributed by atoms with E-state index in [9.17, 15) is 9.59 Å². The lowest BCUT2D eigenvalue weighted by molar-refractivity contribution is 0.0695. The van der Waals surface area contributed by atoms with Crippen molar-refractivity contribution in [3.8, 4) is 0 Å². The molecule has 170 valence electrons. The van der Waals surface area contributed by atoms with E-state index in [0.717, 1.165) is 12.5 Å². The Bertz CT molecular complexity index is 774. The van der Waals surface area contributed by atoms with Crippen molar-refractivity contribution in [2.24, 2.45) is 0 Å². The lowest BCUT2D eigenvalue weighted by Gasteiger charge is -2.02. The third-order valence-electron chi connectivity index (χ3n) is 5.23. The molecule has 31 heavy (non-hydrogen) atoms. The van der Waals surface area contributed by atoms with Crippen molar-refractivity contribution in [2.45, 2.75) is 84.5 Å². The van der Waals surface area contributed by atoms with Crippen molar-refractivity contribution in [3.05, 3.63) is 65.0 Å². The average Bonchev–Trinajstić information content (AvgIpc) is 2.76. The van der Waals surface area contributed by atoms with E-state index in [2.05, 4.69) is 24.0 Å². The van der Waals surface area contributed by atoms with Crippen LogP contribution in [0.1, 0.15) is 103 Å². The summed E-state index contributed by atoms with van der Waals surface area (Å²) in [6.45, 7) is 3.90. The second-order valence-electron chi connectivity index (χ2n) is 7.89. The molecule has 5 heteroatoms. The first-order chi connectivity index (χ1) is 15.0. The Kier molecular flexibility index (Phi) is 13.6. The second kappa shape index (κ2) is 16.1. The number of hydrogen-bond acceptors (Lipinski definition) is 3. The minimum absolute atomic E-state index is 0.0111. The number of unbranched alkanes of at least 4 members (excludes halogenated alkanes) is 9. The molecule has 0 saturated heterocycles. The predicted octanol–water partition coefficient (Wildman–Crippen LogP) is 6.94. The van der Waals surface area contributed by atoms with Crippen LogP contribution in [-0.2, 0) is 6.42 Å². The fourth-order valence-corrected chi connectivity index (χ4v) is 3.33. The molecule has 0 aliphatic rings. The van der Waals surface area contributed by atoms with E-state index in [4.69, 9.17) is 10.2 Å². The molecule has 1 aromatic carbocycles. The van der Waals surface area contributed by atoms with Gasteiger partial charge in [0, 0.05) is 11.9 Å². The Morgan fingerprint density at radius 1 is 0.806 bits per heavy atom. The fraction of sp³-hybridized carbons (Fsp3) is 0.500. The summed E-state index contributed by atoms with van der Waals surface area (Å²) in [6, 6.07) is 10.2. The van der Waals surface area contributed by atoms with Gasteiger partial charge in [-0.15, -0.1) is 0 Å². The monoisotopic (exact) mass is 427 g/mol. The molecule has 5 nitrogen and oxygen atoms in total. The number of aryl methyl sites for hydroxylation is 2. The van der Waals surface area contributed by atoms with E-state index in [1.165, 1.54) is 82.0 Å². The number of rotatable bonds is 13. The molecule has 2 aromatic rings. The van der Waals surface area contributed by atoms with Crippen molar-refractivity contribution >= 4 is 11.9 Å². The van der Waals surface area contributed by atoms with Crippen LogP contribution < -0.4 is 0 Å². The van der Waals surface area contributed by atoms with Crippen LogP contribution in [0, 0.1) is 6.92 Å². The Morgan fingerprint density at radius 2 is 1.42 bits per heavy atom. The Morgan fingerprint density at radius 3 is 1.94 bits per heavy atom. The molecule has 0 unspecified atom stereocenters. The molecular formula is C26H37NO4. The topological polar surface area (TPSA) is 87.5 Å². The van der Waals surface area contributed by atoms with Crippen LogP contribution in [0.15, 0.2) is 42.6 Å². The molecule has 0 amide bonds. The molecule has 0 aliphatic heterocycles. The number of nitrogens with zero attached hydrogens (tertiary/aromatic N) is 1. The first-order valence-electron chi connectivity index (χ1n) is 11.4. The summed E-state index contributed by atoms with van der Waals surface area (Å²) in [7, 11) is 0. The molecule has 1 heterocycles. The Labute approximate surface area is 186 Å². The summed E-state index contributed by atoms with van der Waals surface area (Å²) in [4.78, 5) is 25.5. The van der Waals surface area contributed by atoms with Gasteiger partial charge in [-0.2, -0.15) is 0 Å². The third-order valence-corrected chi connectivity index (χ3v) is 5.23. The van der Waals surface area contributed by atoms with E-state index in [0.29, 0.717) is 5.56 Å². The first kappa shape index (κ1) is 26.3. The predicted molar refractivity (Wildman–Crippen MR) is 125 cm³/mol. The summed E-state index contributed by atoms with van der Waals surface area (Å²) >= 11 is 0. The van der Waals surface area contributed by atoms with Crippen molar-refractivity contribution < 1.29 is 19.8 Å². The zero-order valence-electron chi connectivity index (χ0n) is 19.0. The summed E-state index contributed by atoms with van der Waals surface area (Å²) < 4.78 is 0. The molecule has 0 fully saturated rings. The van der Waals surface area contributed by atoms with Crippen LogP contribution in [0.3, 0.4) is 0 Å². The molecular weight excluding hydrogens is 390 g/mol. The molecule has 1 aromatic heterocycles. The van der Waals surface area contributed by atoms with Gasteiger partial charge in [-0.25, -0.2) is 9.59 Å². The summed E-state index contributed by atoms with van der Waals surface area (Å²) in [5.74, 6) is -2.23. The van der Waals surface area contributed by atoms with Gasteiger partial charge in [0.05, 0.1) is 11.1 Å². The number of hydrogen-bond donors (Lipinski definition) is 2. The van der Waals surface area contributed by atoms with Gasteiger partial charge in [0.15, 0.2) is 0 Å². The SMILES string of the molecule is CCCCCCCCCCCCc1ccccn1.Cc1ccc(C(=O)O)cc1C(=O)O. The van der Waals surface area contributed by atoms with Gasteiger partial charge in [0.1, 0.15) is 0 Å². The third kappa shape index (κ3) is 11.9. The quantitative estimate of drug-likeness (QED) is 0.338. The van der Waals surface area contributed by atoms with E-state index >= 15 is 0 Å². The average molecular weight is 428 g/mol. The summed E-state index contributed by atoms with van der Waals surface area (Å²) in [5.41, 5.74) is 1.82. The maximum atomic E-state index is 10.6. The molecule has 2 N–H and O–H groups in total. The highest BCUT2D eigenvalue weighted by atomic mass is 16.4. The molecule has 0 bridgehead atoms. The fourth-order valence-electron chi connectivity index (χ4n) is 3.33. The highest BCUT2D eigenvalue weighted by Gasteiger charge is 2.10. The van der Waals surface area contributed by atoms with Gasteiger partial charge in [-0.05, 0) is 49.6 Å². The number of carboxylic acid groups (broad SMARTS) is 2. The normalized spacial score (nSPS) is 10.3. The minimum Gasteiger partial charge on any atom is -0.478 e. The van der Waals surface area contributed by atoms with E-state index in [-0.39, 0.29) is 11.1 Å². The number of carboxylic acids is 2. The van der Waals surface area contributed by atoms with Gasteiger partial charge < -0.3 is 10.2 Å². The van der Waals surface area contributed by atoms with Gasteiger partial charge in [-0.1, -0.05) is 76.8 Å². The van der Waals surface area contributed by atoms with E-state index < -0.39 is 11.9 Å². The van der Waals surface area contributed by atoms with Crippen LogP contribution in [0.25, 0.3) is 0 Å². The highest BCUT2D eigenvalue weighted by Crippen LogP contribution is 2.12. The van der Waals surface area contributed by atoms with Crippen LogP contribution in [0.2, 0.25) is 0 Å². The van der Waals surface area contributed by atoms with E-state index in [1.54, 1.807) is 6.92 Å². The molecule has 0 saturated carbocycles. The molecule has 0 aliphatic carbocycles. The lowest BCUT2D eigenvalue weighted by atomic mass is 10.1. The van der Waals surface area contributed by atoms with E-state index in [1.807, 2.05) is 12.3 Å². The highest BCUT2D eigenvalue weighted by molar-refractivity contribution is 5.94. The van der Waals surface area contributed by atoms with Crippen LogP contribution in [0.5, 0.6) is 0 Å². The Balaban J connectivity index is 0.000000327. The summed E-state index contributed by atoms with van der Waals surface area (Å²) in [5, 5.41) is 17.3. The Hall–Kier alpha value is -2.69. The van der Waals surface area contributed by atoms with Crippen LogP contribution in [-0.4, -0.2) is 27.1 Å². The standard InChI is InChI=1S/C17H29N.C9H8O4/c1-2-3-4-5-6-7-8-9-10-11-14-17-15-12-13-16-18-17;1-5-2-3-6(8(10)11)4-7(5)9(12)13/h12-13,15-16H,2-11,14H2,1H3;2-4H,1H3,(H,10,11)(H,12,13). The zero-order chi connectivity index (χ0) is 22.9. The zero-order valence-corrected chi connectivity index (χ0v) is 19.0. The molecule has 0 atom stereocenters. The minimum atomic E-state index is -1.12. The van der Waals surface area contributed by atoms with Gasteiger partial charge in [-0.3, -0.25) is 4.98 Å². The maximum absolute atomic E-state index is 10.6. The van der Waals surface area contributed by atoms with Gasteiger partial charge in [0.25, 0.3) is 0 Å². The number of aromatic carboxylic acids is 2. The largest absolute Gasteiger partial charge is 0.478 e. The van der Waals surface area contributed by atoms with Gasteiger partial charge in [0.2, 0.25) is 0 Å². The van der Waals surface area contributed by atoms with Crippen molar-refractivity contribution in [1.29, 1.82) is 0 Å². The molecule has 2 rings (SSSR count). The van der Waals surface area contributed by atoms with Crippen LogP contribution >= 0.6 is 0 Å². The van der Waals surface area contributed by atoms with Crippen molar-refractivity contribution in [1.82, 2.24) is 4.98 Å². The van der Waals surface area contributed by atoms with Gasteiger partial charge >= 0.3 is 11.9 Å². The van der Waals surface area contributed by atoms with Crippen molar-refractivity contribution in [2.75, 3.05) is 0 Å². The number of aromatic nitrogens is 1. The van der Waals surface area contributed by atoms with Crippen molar-refractivity contribution in [3.63, 3.8) is 0 Å². The maximum Gasteiger partial charge on any atom is 0.335 e. The first-order valence-corrected chi connectivity index (χ1v) is 11.4. The summed E-state index contributed by atoms with van der Waals surface area (Å²) in [6.07, 6.45) is 17.1. The number of carbonyl (C=O) groups is 2. The lowest BCUT2D eigenvalue weighted by Crippen LogP contribution is -2.03. The second-order valence-corrected chi connectivity index (χ2v) is 7.89. The number of benzene rings is 1. The smallest absolute Gasteiger partial charge is 0.335 e. The number of pyridine rings is 1. The van der Waals surface area contributed by atoms with Crippen LogP contribution in [0.4, 0.5) is 0 Å². The molecule has 0 spiro atoms.